The molecule has 0 saturated carbocycles. The quantitative estimate of drug-likeness (QED) is 0.484. The summed E-state index contributed by atoms with van der Waals surface area (Å²) in [5.74, 6) is 0.593. The van der Waals surface area contributed by atoms with Gasteiger partial charge in [-0.05, 0) is 26.0 Å². The number of esters is 1. The van der Waals surface area contributed by atoms with Crippen molar-refractivity contribution in [2.24, 2.45) is 0 Å². The van der Waals surface area contributed by atoms with E-state index in [0.29, 0.717) is 17.1 Å². The zero-order chi connectivity index (χ0) is 15.2. The lowest BCUT2D eigenvalue weighted by molar-refractivity contribution is -0.138. The summed E-state index contributed by atoms with van der Waals surface area (Å²) in [6, 6.07) is 11.4. The third-order valence-corrected chi connectivity index (χ3v) is 2.85. The van der Waals surface area contributed by atoms with Gasteiger partial charge in [-0.15, -0.1) is 0 Å². The van der Waals surface area contributed by atoms with Crippen LogP contribution in [0.25, 0.3) is 5.76 Å². The van der Waals surface area contributed by atoms with Crippen LogP contribution >= 0.6 is 0 Å². The van der Waals surface area contributed by atoms with Crippen LogP contribution in [0.3, 0.4) is 0 Å². The predicted octanol–water partition coefficient (Wildman–Crippen LogP) is 3.34. The number of hydrogen-bond donors (Lipinski definition) is 0. The Bertz CT molecular complexity index is 676. The Kier molecular flexibility index (Phi) is 4.57. The molecule has 4 heteroatoms. The monoisotopic (exact) mass is 281 g/mol. The lowest BCUT2D eigenvalue weighted by Gasteiger charge is -2.16. The Hall–Kier alpha value is -2.80. The average Bonchev–Trinajstić information content (AvgIpc) is 2.48. The molecular weight excluding hydrogens is 266 g/mol. The average molecular weight is 281 g/mol. The third-order valence-electron chi connectivity index (χ3n) is 2.85. The van der Waals surface area contributed by atoms with Gasteiger partial charge >= 0.3 is 5.97 Å². The molecule has 0 unspecified atom stereocenters. The summed E-state index contributed by atoms with van der Waals surface area (Å²) in [5, 5.41) is 9.21. The highest BCUT2D eigenvalue weighted by molar-refractivity contribution is 5.95. The second-order valence-electron chi connectivity index (χ2n) is 4.39. The summed E-state index contributed by atoms with van der Waals surface area (Å²) >= 11 is 0. The van der Waals surface area contributed by atoms with Crippen LogP contribution in [0.15, 0.2) is 59.4 Å². The van der Waals surface area contributed by atoms with Crippen LogP contribution in [0.5, 0.6) is 0 Å². The number of nitrogens with zero attached hydrogens (tertiary/aromatic N) is 1. The molecular formula is C17H15NO3. The van der Waals surface area contributed by atoms with Gasteiger partial charge in [-0.25, -0.2) is 4.79 Å². The van der Waals surface area contributed by atoms with E-state index in [1.807, 2.05) is 36.4 Å². The first kappa shape index (κ1) is 14.6. The molecule has 0 bridgehead atoms. The van der Waals surface area contributed by atoms with Crippen LogP contribution < -0.4 is 0 Å². The second-order valence-corrected chi connectivity index (χ2v) is 4.39. The molecule has 0 N–H and O–H groups in total. The van der Waals surface area contributed by atoms with Gasteiger partial charge < -0.3 is 9.47 Å². The molecule has 0 amide bonds. The van der Waals surface area contributed by atoms with Gasteiger partial charge in [-0.1, -0.05) is 30.3 Å². The summed E-state index contributed by atoms with van der Waals surface area (Å²) in [5.41, 5.74) is 1.36. The first-order valence-electron chi connectivity index (χ1n) is 6.60. The van der Waals surface area contributed by atoms with Crippen molar-refractivity contribution in [1.29, 1.82) is 5.26 Å². The Morgan fingerprint density at radius 1 is 1.29 bits per heavy atom. The minimum Gasteiger partial charge on any atom is -0.462 e. The number of nitriles is 1. The van der Waals surface area contributed by atoms with Crippen LogP contribution in [0.1, 0.15) is 19.4 Å². The molecule has 0 fully saturated rings. The highest BCUT2D eigenvalue weighted by Crippen LogP contribution is 2.28. The number of carbonyl (C=O) groups is 1. The molecule has 0 saturated heterocycles. The van der Waals surface area contributed by atoms with Crippen molar-refractivity contribution in [1.82, 2.24) is 0 Å². The first-order chi connectivity index (χ1) is 10.2. The normalized spacial score (nSPS) is 16.0. The molecule has 0 aromatic heterocycles. The number of carbonyl (C=O) groups excluding carboxylic acids is 1. The molecule has 1 aliphatic heterocycles. The largest absolute Gasteiger partial charge is 0.462 e. The standard InChI is InChI=1S/C17H15NO3/c1-3-20-17(19)15(11-18)14-9-12(2)21-16(10-14)13-7-5-4-6-8-13/h4-10H,3H2,1-2H3/b15-14-. The summed E-state index contributed by atoms with van der Waals surface area (Å²) < 4.78 is 10.6. The molecule has 1 aliphatic rings. The van der Waals surface area contributed by atoms with E-state index in [1.54, 1.807) is 26.0 Å². The minimum absolute atomic E-state index is 0.0204. The molecule has 2 rings (SSSR count). The van der Waals surface area contributed by atoms with Crippen LogP contribution in [0, 0.1) is 11.3 Å². The van der Waals surface area contributed by atoms with Gasteiger partial charge in [-0.3, -0.25) is 0 Å². The van der Waals surface area contributed by atoms with E-state index in [9.17, 15) is 10.1 Å². The van der Waals surface area contributed by atoms with E-state index in [-0.39, 0.29) is 12.2 Å². The van der Waals surface area contributed by atoms with E-state index in [4.69, 9.17) is 9.47 Å². The Morgan fingerprint density at radius 3 is 2.62 bits per heavy atom. The van der Waals surface area contributed by atoms with E-state index in [1.165, 1.54) is 0 Å². The molecule has 1 heterocycles. The fourth-order valence-electron chi connectivity index (χ4n) is 1.95. The predicted molar refractivity (Wildman–Crippen MR) is 78.5 cm³/mol. The molecule has 1 aromatic carbocycles. The number of rotatable bonds is 3. The van der Waals surface area contributed by atoms with Crippen LogP contribution in [0.4, 0.5) is 0 Å². The highest BCUT2D eigenvalue weighted by Gasteiger charge is 2.18. The Balaban J connectivity index is 2.47. The smallest absolute Gasteiger partial charge is 0.349 e. The summed E-state index contributed by atoms with van der Waals surface area (Å²) in [7, 11) is 0. The summed E-state index contributed by atoms with van der Waals surface area (Å²) in [6.45, 7) is 3.70. The van der Waals surface area contributed by atoms with E-state index in [0.717, 1.165) is 5.56 Å². The van der Waals surface area contributed by atoms with Crippen molar-refractivity contribution in [2.45, 2.75) is 13.8 Å². The van der Waals surface area contributed by atoms with Gasteiger partial charge in [-0.2, -0.15) is 5.26 Å². The zero-order valence-corrected chi connectivity index (χ0v) is 11.9. The van der Waals surface area contributed by atoms with Crippen molar-refractivity contribution < 1.29 is 14.3 Å². The first-order valence-corrected chi connectivity index (χ1v) is 6.60. The van der Waals surface area contributed by atoms with Gasteiger partial charge in [0.15, 0.2) is 0 Å². The maximum Gasteiger partial charge on any atom is 0.349 e. The van der Waals surface area contributed by atoms with Crippen LogP contribution in [-0.4, -0.2) is 12.6 Å². The van der Waals surface area contributed by atoms with Crippen molar-refractivity contribution in [2.75, 3.05) is 6.61 Å². The van der Waals surface area contributed by atoms with E-state index >= 15 is 0 Å². The second kappa shape index (κ2) is 6.58. The van der Waals surface area contributed by atoms with Crippen LogP contribution in [-0.2, 0) is 14.3 Å². The molecule has 4 nitrogen and oxygen atoms in total. The van der Waals surface area contributed by atoms with Crippen molar-refractivity contribution in [3.63, 3.8) is 0 Å². The fourth-order valence-corrected chi connectivity index (χ4v) is 1.95. The summed E-state index contributed by atoms with van der Waals surface area (Å²) in [4.78, 5) is 11.8. The maximum absolute atomic E-state index is 11.8. The molecule has 0 atom stereocenters. The summed E-state index contributed by atoms with van der Waals surface area (Å²) in [6.07, 6.45) is 3.33. The zero-order valence-electron chi connectivity index (χ0n) is 11.9. The fraction of sp³-hybridized carbons (Fsp3) is 0.176. The lowest BCUT2D eigenvalue weighted by Crippen LogP contribution is -2.09. The Labute approximate surface area is 123 Å². The van der Waals surface area contributed by atoms with Gasteiger partial charge in [0.05, 0.1) is 6.61 Å². The van der Waals surface area contributed by atoms with E-state index in [2.05, 4.69) is 0 Å². The van der Waals surface area contributed by atoms with Crippen molar-refractivity contribution in [3.8, 4) is 6.07 Å². The number of hydrogen-bond acceptors (Lipinski definition) is 4. The lowest BCUT2D eigenvalue weighted by atomic mass is 10.0. The van der Waals surface area contributed by atoms with E-state index < -0.39 is 5.97 Å². The topological polar surface area (TPSA) is 59.3 Å². The highest BCUT2D eigenvalue weighted by atomic mass is 16.5. The number of allylic oxidation sites excluding steroid dienone is 4. The number of benzene rings is 1. The number of ether oxygens (including phenoxy) is 2. The molecule has 0 radical (unpaired) electrons. The van der Waals surface area contributed by atoms with Gasteiger partial charge in [0.1, 0.15) is 23.2 Å². The SMILES string of the molecule is CCOC(=O)/C(C#N)=C1/C=C(C)OC(c2ccccc2)=C1. The van der Waals surface area contributed by atoms with Crippen molar-refractivity contribution in [3.05, 3.63) is 65.0 Å². The molecule has 21 heavy (non-hydrogen) atoms. The molecule has 1 aromatic rings. The molecule has 0 spiro atoms. The third kappa shape index (κ3) is 3.40. The van der Waals surface area contributed by atoms with Crippen LogP contribution in [0.2, 0.25) is 0 Å². The van der Waals surface area contributed by atoms with Gasteiger partial charge in [0.25, 0.3) is 0 Å². The van der Waals surface area contributed by atoms with Crippen molar-refractivity contribution >= 4 is 11.7 Å². The maximum atomic E-state index is 11.8. The van der Waals surface area contributed by atoms with Gasteiger partial charge in [0, 0.05) is 11.1 Å². The molecule has 106 valence electrons. The Morgan fingerprint density at radius 2 is 2.00 bits per heavy atom. The molecule has 0 aliphatic carbocycles. The minimum atomic E-state index is -0.621. The van der Waals surface area contributed by atoms with Gasteiger partial charge in [0.2, 0.25) is 0 Å².